The molecule has 1 aromatic heterocycles. The second-order valence-electron chi connectivity index (χ2n) is 4.50. The summed E-state index contributed by atoms with van der Waals surface area (Å²) in [5, 5.41) is 0. The molecule has 0 bridgehead atoms. The molecule has 1 atom stereocenters. The Kier molecular flexibility index (Phi) is 4.09. The maximum Gasteiger partial charge on any atom is 0.173 e. The monoisotopic (exact) mass is 254 g/mol. The Morgan fingerprint density at radius 2 is 2.38 bits per heavy atom. The Hall–Kier alpha value is -0.280. The molecular formula is C13H18OS2. The number of fused-ring (bicyclic) bond motifs is 1. The number of thiophene rings is 1. The van der Waals surface area contributed by atoms with Gasteiger partial charge in [-0.05, 0) is 29.7 Å². The van der Waals surface area contributed by atoms with E-state index >= 15 is 0 Å². The second-order valence-corrected chi connectivity index (χ2v) is 6.74. The maximum atomic E-state index is 12.0. The number of hydrogen-bond donors (Lipinski definition) is 0. The van der Waals surface area contributed by atoms with E-state index in [0.29, 0.717) is 18.1 Å². The van der Waals surface area contributed by atoms with E-state index in [9.17, 15) is 4.79 Å². The van der Waals surface area contributed by atoms with E-state index < -0.39 is 0 Å². The van der Waals surface area contributed by atoms with Crippen molar-refractivity contribution in [1.29, 1.82) is 0 Å². The number of Topliss-reactive ketones (excluding diaryl/α,β-unsaturated/α-hetero) is 1. The molecule has 2 rings (SSSR count). The summed E-state index contributed by atoms with van der Waals surface area (Å²) in [6, 6.07) is 2.14. The van der Waals surface area contributed by atoms with Crippen LogP contribution in [0.15, 0.2) is 6.07 Å². The molecule has 0 radical (unpaired) electrons. The van der Waals surface area contributed by atoms with Crippen LogP contribution in [0.2, 0.25) is 0 Å². The minimum Gasteiger partial charge on any atom is -0.293 e. The van der Waals surface area contributed by atoms with Crippen molar-refractivity contribution in [2.24, 2.45) is 5.92 Å². The molecular weight excluding hydrogens is 236 g/mol. The van der Waals surface area contributed by atoms with Gasteiger partial charge in [0.1, 0.15) is 0 Å². The topological polar surface area (TPSA) is 17.1 Å². The van der Waals surface area contributed by atoms with Crippen LogP contribution in [0.4, 0.5) is 0 Å². The molecule has 1 aromatic rings. The van der Waals surface area contributed by atoms with Gasteiger partial charge >= 0.3 is 0 Å². The number of aryl methyl sites for hydroxylation is 1. The van der Waals surface area contributed by atoms with Crippen molar-refractivity contribution >= 4 is 28.9 Å². The quantitative estimate of drug-likeness (QED) is 0.751. The molecule has 0 saturated carbocycles. The van der Waals surface area contributed by atoms with Crippen LogP contribution in [-0.2, 0) is 12.2 Å². The number of carbonyl (C=O) groups excluding carboxylic acids is 1. The first kappa shape index (κ1) is 12.2. The van der Waals surface area contributed by atoms with Gasteiger partial charge in [-0.3, -0.25) is 4.79 Å². The Labute approximate surface area is 106 Å². The van der Waals surface area contributed by atoms with Gasteiger partial charge in [0, 0.05) is 17.1 Å². The van der Waals surface area contributed by atoms with Crippen LogP contribution in [0.25, 0.3) is 0 Å². The minimum atomic E-state index is 0.346. The van der Waals surface area contributed by atoms with Crippen LogP contribution in [0.3, 0.4) is 0 Å². The molecule has 1 nitrogen and oxygen atoms in total. The van der Waals surface area contributed by atoms with Crippen LogP contribution >= 0.6 is 23.1 Å². The van der Waals surface area contributed by atoms with Gasteiger partial charge in [0.05, 0.1) is 4.88 Å². The smallest absolute Gasteiger partial charge is 0.173 e. The van der Waals surface area contributed by atoms with Crippen molar-refractivity contribution in [1.82, 2.24) is 0 Å². The van der Waals surface area contributed by atoms with E-state index in [0.717, 1.165) is 23.5 Å². The molecule has 1 unspecified atom stereocenters. The molecule has 0 aromatic carbocycles. The maximum absolute atomic E-state index is 12.0. The molecule has 0 spiro atoms. The third-order valence-corrected chi connectivity index (χ3v) is 5.42. The summed E-state index contributed by atoms with van der Waals surface area (Å²) in [6.07, 6.45) is 2.96. The zero-order chi connectivity index (χ0) is 11.5. The Balaban J connectivity index is 2.09. The third kappa shape index (κ3) is 2.69. The number of ketones is 1. The number of carbonyl (C=O) groups is 1. The van der Waals surface area contributed by atoms with E-state index in [-0.39, 0.29) is 0 Å². The predicted molar refractivity (Wildman–Crippen MR) is 72.6 cm³/mol. The van der Waals surface area contributed by atoms with Gasteiger partial charge in [-0.1, -0.05) is 20.3 Å². The van der Waals surface area contributed by atoms with Gasteiger partial charge in [0.2, 0.25) is 0 Å². The van der Waals surface area contributed by atoms with E-state index in [4.69, 9.17) is 0 Å². The Bertz CT molecular complexity index is 358. The van der Waals surface area contributed by atoms with Crippen LogP contribution in [0.1, 0.15) is 46.8 Å². The van der Waals surface area contributed by atoms with Crippen molar-refractivity contribution in [3.8, 4) is 0 Å². The van der Waals surface area contributed by atoms with Gasteiger partial charge in [-0.2, -0.15) is 11.8 Å². The predicted octanol–water partition coefficient (Wildman–Crippen LogP) is 4.16. The van der Waals surface area contributed by atoms with E-state index in [1.807, 2.05) is 11.8 Å². The Morgan fingerprint density at radius 1 is 1.56 bits per heavy atom. The minimum absolute atomic E-state index is 0.346. The van der Waals surface area contributed by atoms with Crippen LogP contribution < -0.4 is 0 Å². The summed E-state index contributed by atoms with van der Waals surface area (Å²) < 4.78 is 0. The van der Waals surface area contributed by atoms with E-state index in [1.165, 1.54) is 16.2 Å². The second kappa shape index (κ2) is 5.37. The SMILES string of the molecule is CCC(C)CC(=O)c1cc2c(s1)CCSC2. The highest BCUT2D eigenvalue weighted by Crippen LogP contribution is 2.32. The summed E-state index contributed by atoms with van der Waals surface area (Å²) >= 11 is 3.71. The molecule has 0 aliphatic carbocycles. The first-order valence-electron chi connectivity index (χ1n) is 5.93. The molecule has 1 aliphatic rings. The summed E-state index contributed by atoms with van der Waals surface area (Å²) in [5.74, 6) is 3.18. The summed E-state index contributed by atoms with van der Waals surface area (Å²) in [4.78, 5) is 14.5. The van der Waals surface area contributed by atoms with Gasteiger partial charge in [0.25, 0.3) is 0 Å². The fourth-order valence-corrected chi connectivity index (χ4v) is 4.17. The average Bonchev–Trinajstić information content (AvgIpc) is 2.72. The highest BCUT2D eigenvalue weighted by atomic mass is 32.2. The normalized spacial score (nSPS) is 16.9. The van der Waals surface area contributed by atoms with E-state index in [1.54, 1.807) is 11.3 Å². The lowest BCUT2D eigenvalue weighted by molar-refractivity contribution is 0.0967. The van der Waals surface area contributed by atoms with Crippen LogP contribution in [-0.4, -0.2) is 11.5 Å². The van der Waals surface area contributed by atoms with Crippen molar-refractivity contribution in [3.05, 3.63) is 21.4 Å². The zero-order valence-electron chi connectivity index (χ0n) is 9.91. The first-order valence-corrected chi connectivity index (χ1v) is 7.90. The van der Waals surface area contributed by atoms with Crippen molar-refractivity contribution in [3.63, 3.8) is 0 Å². The highest BCUT2D eigenvalue weighted by molar-refractivity contribution is 7.98. The molecule has 2 heterocycles. The zero-order valence-corrected chi connectivity index (χ0v) is 11.5. The fourth-order valence-electron chi connectivity index (χ4n) is 1.85. The van der Waals surface area contributed by atoms with Gasteiger partial charge < -0.3 is 0 Å². The average molecular weight is 254 g/mol. The molecule has 16 heavy (non-hydrogen) atoms. The molecule has 0 amide bonds. The van der Waals surface area contributed by atoms with Gasteiger partial charge in [0.15, 0.2) is 5.78 Å². The van der Waals surface area contributed by atoms with Gasteiger partial charge in [-0.25, -0.2) is 0 Å². The first-order chi connectivity index (χ1) is 7.70. The van der Waals surface area contributed by atoms with Crippen LogP contribution in [0.5, 0.6) is 0 Å². The number of thioether (sulfide) groups is 1. The molecule has 0 fully saturated rings. The lowest BCUT2D eigenvalue weighted by Gasteiger charge is -2.08. The molecule has 0 saturated heterocycles. The largest absolute Gasteiger partial charge is 0.293 e. The fraction of sp³-hybridized carbons (Fsp3) is 0.615. The summed E-state index contributed by atoms with van der Waals surface area (Å²) in [6.45, 7) is 4.30. The Morgan fingerprint density at radius 3 is 3.06 bits per heavy atom. The number of hydrogen-bond acceptors (Lipinski definition) is 3. The molecule has 88 valence electrons. The lowest BCUT2D eigenvalue weighted by atomic mass is 10.0. The summed E-state index contributed by atoms with van der Waals surface area (Å²) in [5.41, 5.74) is 1.41. The highest BCUT2D eigenvalue weighted by Gasteiger charge is 2.18. The van der Waals surface area contributed by atoms with Gasteiger partial charge in [-0.15, -0.1) is 11.3 Å². The number of rotatable bonds is 4. The lowest BCUT2D eigenvalue weighted by Crippen LogP contribution is -2.03. The molecule has 1 aliphatic heterocycles. The molecule has 0 N–H and O–H groups in total. The van der Waals surface area contributed by atoms with E-state index in [2.05, 4.69) is 19.9 Å². The van der Waals surface area contributed by atoms with Crippen molar-refractivity contribution < 1.29 is 4.79 Å². The third-order valence-electron chi connectivity index (χ3n) is 3.13. The van der Waals surface area contributed by atoms with Crippen molar-refractivity contribution in [2.45, 2.75) is 38.9 Å². The summed E-state index contributed by atoms with van der Waals surface area (Å²) in [7, 11) is 0. The standard InChI is InChI=1S/C13H18OS2/c1-3-9(2)6-11(14)13-7-10-8-15-5-4-12(10)16-13/h7,9H,3-6,8H2,1-2H3. The molecule has 3 heteroatoms. The van der Waals surface area contributed by atoms with Crippen molar-refractivity contribution in [2.75, 3.05) is 5.75 Å². The van der Waals surface area contributed by atoms with Crippen LogP contribution in [0, 0.1) is 5.92 Å².